The van der Waals surface area contributed by atoms with Crippen LogP contribution in [0.2, 0.25) is 0 Å². The molecule has 0 aromatic carbocycles. The minimum Gasteiger partial charge on any atom is -0.372 e. The molecule has 0 saturated carbocycles. The molecule has 0 aliphatic carbocycles. The third kappa shape index (κ3) is 3.08. The van der Waals surface area contributed by atoms with Gasteiger partial charge in [-0.3, -0.25) is 0 Å². The molecule has 3 heteroatoms. The van der Waals surface area contributed by atoms with E-state index in [9.17, 15) is 4.79 Å². The second-order valence-corrected chi connectivity index (χ2v) is 4.54. The maximum absolute atomic E-state index is 10.8. The van der Waals surface area contributed by atoms with E-state index in [1.165, 1.54) is 0 Å². The van der Waals surface area contributed by atoms with E-state index in [0.717, 1.165) is 19.1 Å². The van der Waals surface area contributed by atoms with Crippen molar-refractivity contribution in [1.82, 2.24) is 0 Å². The van der Waals surface area contributed by atoms with Crippen molar-refractivity contribution in [2.45, 2.75) is 44.8 Å². The first kappa shape index (κ1) is 10.7. The second kappa shape index (κ2) is 3.76. The number of hydrogen-bond donors (Lipinski definition) is 0. The summed E-state index contributed by atoms with van der Waals surface area (Å²) in [6.45, 7) is 6.97. The smallest absolute Gasteiger partial charge is 0.154 e. The second-order valence-electron chi connectivity index (χ2n) is 4.54. The molecule has 76 valence electrons. The van der Waals surface area contributed by atoms with Crippen molar-refractivity contribution in [3.8, 4) is 0 Å². The van der Waals surface area contributed by atoms with Gasteiger partial charge in [0, 0.05) is 6.61 Å². The highest BCUT2D eigenvalue weighted by atomic mass is 16.6. The highest BCUT2D eigenvalue weighted by Gasteiger charge is 2.36. The molecule has 1 heterocycles. The first-order valence-corrected chi connectivity index (χ1v) is 4.72. The number of carbonyl (C=O) groups is 1. The summed E-state index contributed by atoms with van der Waals surface area (Å²) in [7, 11) is 0. The zero-order chi connectivity index (χ0) is 9.95. The van der Waals surface area contributed by atoms with Crippen molar-refractivity contribution < 1.29 is 14.3 Å². The van der Waals surface area contributed by atoms with Gasteiger partial charge in [0.15, 0.2) is 6.29 Å². The van der Waals surface area contributed by atoms with Crippen molar-refractivity contribution in [3.05, 3.63) is 0 Å². The molecule has 0 aromatic heterocycles. The van der Waals surface area contributed by atoms with Gasteiger partial charge in [-0.15, -0.1) is 0 Å². The Morgan fingerprint density at radius 1 is 1.54 bits per heavy atom. The zero-order valence-electron chi connectivity index (χ0n) is 8.63. The first-order valence-electron chi connectivity index (χ1n) is 4.72. The Morgan fingerprint density at radius 2 is 2.23 bits per heavy atom. The summed E-state index contributed by atoms with van der Waals surface area (Å²) in [5.41, 5.74) is -0.866. The van der Waals surface area contributed by atoms with Crippen molar-refractivity contribution in [2.75, 3.05) is 13.2 Å². The number of aldehydes is 1. The molecule has 1 fully saturated rings. The topological polar surface area (TPSA) is 35.5 Å². The molecule has 0 spiro atoms. The minimum absolute atomic E-state index is 0.206. The Kier molecular flexibility index (Phi) is 3.09. The summed E-state index contributed by atoms with van der Waals surface area (Å²) in [5.74, 6) is 0. The van der Waals surface area contributed by atoms with Crippen LogP contribution in [0.25, 0.3) is 0 Å². The maximum Gasteiger partial charge on any atom is 0.154 e. The van der Waals surface area contributed by atoms with Crippen LogP contribution in [0.4, 0.5) is 0 Å². The summed E-state index contributed by atoms with van der Waals surface area (Å²) in [4.78, 5) is 10.8. The summed E-state index contributed by atoms with van der Waals surface area (Å²) in [5, 5.41) is 0. The number of rotatable bonds is 3. The monoisotopic (exact) mass is 186 g/mol. The predicted octanol–water partition coefficient (Wildman–Crippen LogP) is 1.55. The van der Waals surface area contributed by atoms with Crippen LogP contribution in [-0.4, -0.2) is 30.7 Å². The molecule has 0 amide bonds. The van der Waals surface area contributed by atoms with Gasteiger partial charge in [-0.05, 0) is 33.6 Å². The fourth-order valence-corrected chi connectivity index (χ4v) is 1.30. The predicted molar refractivity (Wildman–Crippen MR) is 49.7 cm³/mol. The van der Waals surface area contributed by atoms with Crippen molar-refractivity contribution in [1.29, 1.82) is 0 Å². The van der Waals surface area contributed by atoms with Crippen LogP contribution in [0, 0.1) is 0 Å². The van der Waals surface area contributed by atoms with E-state index < -0.39 is 5.60 Å². The van der Waals surface area contributed by atoms with Crippen molar-refractivity contribution in [2.24, 2.45) is 0 Å². The van der Waals surface area contributed by atoms with Gasteiger partial charge in [0.25, 0.3) is 0 Å². The fraction of sp³-hybridized carbons (Fsp3) is 0.900. The molecular formula is C10H18O3. The SMILES string of the molecule is CC(C)(C)OCC1(C=O)CCCO1. The van der Waals surface area contributed by atoms with E-state index in [1.807, 2.05) is 20.8 Å². The Labute approximate surface area is 79.4 Å². The zero-order valence-corrected chi connectivity index (χ0v) is 8.63. The lowest BCUT2D eigenvalue weighted by atomic mass is 10.0. The minimum atomic E-state index is -0.659. The summed E-state index contributed by atoms with van der Waals surface area (Å²) >= 11 is 0. The lowest BCUT2D eigenvalue weighted by Crippen LogP contribution is -2.39. The van der Waals surface area contributed by atoms with Crippen LogP contribution >= 0.6 is 0 Å². The van der Waals surface area contributed by atoms with Gasteiger partial charge in [0.2, 0.25) is 0 Å². The number of ether oxygens (including phenoxy) is 2. The van der Waals surface area contributed by atoms with Crippen molar-refractivity contribution >= 4 is 6.29 Å². The van der Waals surface area contributed by atoms with Gasteiger partial charge in [-0.25, -0.2) is 0 Å². The van der Waals surface area contributed by atoms with E-state index >= 15 is 0 Å². The normalized spacial score (nSPS) is 29.2. The summed E-state index contributed by atoms with van der Waals surface area (Å²) in [6, 6.07) is 0. The molecule has 0 radical (unpaired) electrons. The molecule has 1 saturated heterocycles. The molecule has 13 heavy (non-hydrogen) atoms. The molecule has 1 rings (SSSR count). The van der Waals surface area contributed by atoms with Gasteiger partial charge >= 0.3 is 0 Å². The highest BCUT2D eigenvalue weighted by molar-refractivity contribution is 5.63. The third-order valence-corrected chi connectivity index (χ3v) is 2.10. The highest BCUT2D eigenvalue weighted by Crippen LogP contribution is 2.25. The first-order chi connectivity index (χ1) is 5.97. The molecule has 0 aromatic rings. The van der Waals surface area contributed by atoms with Crippen LogP contribution in [-0.2, 0) is 14.3 Å². The quantitative estimate of drug-likeness (QED) is 0.627. The van der Waals surface area contributed by atoms with E-state index in [4.69, 9.17) is 9.47 Å². The molecule has 0 bridgehead atoms. The van der Waals surface area contributed by atoms with Gasteiger partial charge < -0.3 is 14.3 Å². The Morgan fingerprint density at radius 3 is 2.62 bits per heavy atom. The van der Waals surface area contributed by atoms with Crippen molar-refractivity contribution in [3.63, 3.8) is 0 Å². The van der Waals surface area contributed by atoms with Crippen LogP contribution in [0.3, 0.4) is 0 Å². The largest absolute Gasteiger partial charge is 0.372 e. The van der Waals surface area contributed by atoms with E-state index in [2.05, 4.69) is 0 Å². The lowest BCUT2D eigenvalue weighted by Gasteiger charge is -2.27. The van der Waals surface area contributed by atoms with E-state index in [1.54, 1.807) is 0 Å². The molecule has 3 nitrogen and oxygen atoms in total. The fourth-order valence-electron chi connectivity index (χ4n) is 1.30. The van der Waals surface area contributed by atoms with E-state index in [0.29, 0.717) is 13.2 Å². The Bertz CT molecular complexity index is 175. The molecule has 0 N–H and O–H groups in total. The summed E-state index contributed by atoms with van der Waals surface area (Å²) in [6.07, 6.45) is 2.62. The average Bonchev–Trinajstić information content (AvgIpc) is 2.49. The number of carbonyl (C=O) groups excluding carboxylic acids is 1. The standard InChI is InChI=1S/C10H18O3/c1-9(2,3)13-8-10(7-11)5-4-6-12-10/h7H,4-6,8H2,1-3H3. The lowest BCUT2D eigenvalue weighted by molar-refractivity contribution is -0.141. The van der Waals surface area contributed by atoms with E-state index in [-0.39, 0.29) is 5.60 Å². The summed E-state index contributed by atoms with van der Waals surface area (Å²) < 4.78 is 10.9. The number of hydrogen-bond acceptors (Lipinski definition) is 3. The third-order valence-electron chi connectivity index (χ3n) is 2.10. The molecule has 1 aliphatic heterocycles. The Hall–Kier alpha value is -0.410. The molecule has 1 atom stereocenters. The average molecular weight is 186 g/mol. The van der Waals surface area contributed by atoms with Gasteiger partial charge in [-0.2, -0.15) is 0 Å². The molecule has 1 unspecified atom stereocenters. The van der Waals surface area contributed by atoms with Gasteiger partial charge in [-0.1, -0.05) is 0 Å². The molecule has 1 aliphatic rings. The van der Waals surface area contributed by atoms with Crippen LogP contribution in [0.1, 0.15) is 33.6 Å². The maximum atomic E-state index is 10.8. The van der Waals surface area contributed by atoms with Gasteiger partial charge in [0.1, 0.15) is 5.60 Å². The van der Waals surface area contributed by atoms with Crippen LogP contribution in [0.15, 0.2) is 0 Å². The Balaban J connectivity index is 2.45. The molecular weight excluding hydrogens is 168 g/mol. The van der Waals surface area contributed by atoms with Crippen LogP contribution < -0.4 is 0 Å². The van der Waals surface area contributed by atoms with Crippen LogP contribution in [0.5, 0.6) is 0 Å². The van der Waals surface area contributed by atoms with Gasteiger partial charge in [0.05, 0.1) is 12.2 Å².